The lowest BCUT2D eigenvalue weighted by Crippen LogP contribution is -2.54. The molecule has 1 aliphatic rings. The SMILES string of the molecule is CC1CN(C(=O)Nc2ccc(C(C)N)cc2)CC(C)(C)O1. The number of anilines is 1. The highest BCUT2D eigenvalue weighted by molar-refractivity contribution is 5.89. The average Bonchev–Trinajstić information content (AvgIpc) is 2.36. The Morgan fingerprint density at radius 3 is 2.57 bits per heavy atom. The molecule has 0 radical (unpaired) electrons. The summed E-state index contributed by atoms with van der Waals surface area (Å²) in [6.45, 7) is 9.11. The van der Waals surface area contributed by atoms with Crippen LogP contribution >= 0.6 is 0 Å². The van der Waals surface area contributed by atoms with Crippen LogP contribution in [-0.4, -0.2) is 35.7 Å². The van der Waals surface area contributed by atoms with Gasteiger partial charge < -0.3 is 20.7 Å². The van der Waals surface area contributed by atoms with Crippen molar-refractivity contribution < 1.29 is 9.53 Å². The van der Waals surface area contributed by atoms with Crippen molar-refractivity contribution >= 4 is 11.7 Å². The molecule has 1 aliphatic heterocycles. The zero-order valence-electron chi connectivity index (χ0n) is 13.2. The number of rotatable bonds is 2. The molecule has 2 amide bonds. The number of carbonyl (C=O) groups is 1. The van der Waals surface area contributed by atoms with Crippen LogP contribution in [0, 0.1) is 0 Å². The van der Waals surface area contributed by atoms with E-state index in [9.17, 15) is 4.79 Å². The van der Waals surface area contributed by atoms with Gasteiger partial charge in [-0.3, -0.25) is 0 Å². The van der Waals surface area contributed by atoms with Crippen molar-refractivity contribution in [2.24, 2.45) is 5.73 Å². The van der Waals surface area contributed by atoms with E-state index in [-0.39, 0.29) is 23.8 Å². The summed E-state index contributed by atoms with van der Waals surface area (Å²) in [5, 5.41) is 2.93. The minimum Gasteiger partial charge on any atom is -0.369 e. The highest BCUT2D eigenvalue weighted by atomic mass is 16.5. The first-order valence-electron chi connectivity index (χ1n) is 7.36. The Balaban J connectivity index is 2.00. The summed E-state index contributed by atoms with van der Waals surface area (Å²) < 4.78 is 5.81. The maximum atomic E-state index is 12.4. The second kappa shape index (κ2) is 6.03. The second-order valence-corrected chi connectivity index (χ2v) is 6.41. The zero-order valence-corrected chi connectivity index (χ0v) is 13.2. The number of carbonyl (C=O) groups excluding carboxylic acids is 1. The van der Waals surface area contributed by atoms with Crippen molar-refractivity contribution in [3.8, 4) is 0 Å². The van der Waals surface area contributed by atoms with Gasteiger partial charge in [-0.05, 0) is 45.4 Å². The number of hydrogen-bond donors (Lipinski definition) is 2. The van der Waals surface area contributed by atoms with Crippen LogP contribution in [0.25, 0.3) is 0 Å². The molecule has 1 aromatic carbocycles. The Bertz CT molecular complexity index is 497. The third kappa shape index (κ3) is 4.19. The zero-order chi connectivity index (χ0) is 15.6. The van der Waals surface area contributed by atoms with Crippen LogP contribution in [0.1, 0.15) is 39.3 Å². The van der Waals surface area contributed by atoms with Gasteiger partial charge in [0.1, 0.15) is 0 Å². The summed E-state index contributed by atoms with van der Waals surface area (Å²) in [5.74, 6) is 0. The van der Waals surface area contributed by atoms with Crippen LogP contribution in [0.5, 0.6) is 0 Å². The van der Waals surface area contributed by atoms with E-state index in [1.54, 1.807) is 4.90 Å². The molecule has 3 N–H and O–H groups in total. The van der Waals surface area contributed by atoms with Gasteiger partial charge in [0.15, 0.2) is 0 Å². The number of benzene rings is 1. The highest BCUT2D eigenvalue weighted by Gasteiger charge is 2.33. The number of morpholine rings is 1. The molecule has 116 valence electrons. The lowest BCUT2D eigenvalue weighted by Gasteiger charge is -2.41. The number of amides is 2. The van der Waals surface area contributed by atoms with E-state index < -0.39 is 0 Å². The van der Waals surface area contributed by atoms with Crippen LogP contribution < -0.4 is 11.1 Å². The maximum absolute atomic E-state index is 12.4. The van der Waals surface area contributed by atoms with Crippen LogP contribution in [-0.2, 0) is 4.74 Å². The van der Waals surface area contributed by atoms with E-state index >= 15 is 0 Å². The molecule has 2 unspecified atom stereocenters. The third-order valence-corrected chi connectivity index (χ3v) is 3.54. The van der Waals surface area contributed by atoms with Gasteiger partial charge in [-0.15, -0.1) is 0 Å². The Labute approximate surface area is 126 Å². The smallest absolute Gasteiger partial charge is 0.322 e. The molecular weight excluding hydrogens is 266 g/mol. The molecular formula is C16H25N3O2. The van der Waals surface area contributed by atoms with Crippen molar-refractivity contribution in [1.82, 2.24) is 4.90 Å². The van der Waals surface area contributed by atoms with Crippen LogP contribution in [0.3, 0.4) is 0 Å². The first kappa shape index (κ1) is 15.8. The van der Waals surface area contributed by atoms with E-state index in [0.29, 0.717) is 13.1 Å². The molecule has 1 heterocycles. The Hall–Kier alpha value is -1.59. The van der Waals surface area contributed by atoms with E-state index in [1.165, 1.54) is 0 Å². The molecule has 21 heavy (non-hydrogen) atoms. The summed E-state index contributed by atoms with van der Waals surface area (Å²) in [4.78, 5) is 14.2. The van der Waals surface area contributed by atoms with Crippen molar-refractivity contribution in [3.63, 3.8) is 0 Å². The van der Waals surface area contributed by atoms with Gasteiger partial charge in [0.25, 0.3) is 0 Å². The Morgan fingerprint density at radius 1 is 1.43 bits per heavy atom. The number of hydrogen-bond acceptors (Lipinski definition) is 3. The molecule has 0 aromatic heterocycles. The minimum absolute atomic E-state index is 0.00403. The van der Waals surface area contributed by atoms with Crippen LogP contribution in [0.4, 0.5) is 10.5 Å². The highest BCUT2D eigenvalue weighted by Crippen LogP contribution is 2.22. The summed E-state index contributed by atoms with van der Waals surface area (Å²) in [6, 6.07) is 7.54. The molecule has 0 spiro atoms. The molecule has 1 aromatic rings. The van der Waals surface area contributed by atoms with Crippen molar-refractivity contribution in [2.45, 2.75) is 45.4 Å². The average molecular weight is 291 g/mol. The van der Waals surface area contributed by atoms with Gasteiger partial charge in [0.05, 0.1) is 18.2 Å². The molecule has 0 aliphatic carbocycles. The van der Waals surface area contributed by atoms with Gasteiger partial charge in [-0.1, -0.05) is 12.1 Å². The van der Waals surface area contributed by atoms with E-state index in [4.69, 9.17) is 10.5 Å². The lowest BCUT2D eigenvalue weighted by atomic mass is 10.1. The first-order valence-corrected chi connectivity index (χ1v) is 7.36. The van der Waals surface area contributed by atoms with Gasteiger partial charge in [-0.2, -0.15) is 0 Å². The molecule has 0 bridgehead atoms. The second-order valence-electron chi connectivity index (χ2n) is 6.41. The molecule has 0 saturated carbocycles. The fourth-order valence-electron chi connectivity index (χ4n) is 2.68. The van der Waals surface area contributed by atoms with E-state index in [1.807, 2.05) is 52.0 Å². The van der Waals surface area contributed by atoms with E-state index in [0.717, 1.165) is 11.3 Å². The number of nitrogens with zero attached hydrogens (tertiary/aromatic N) is 1. The topological polar surface area (TPSA) is 67.6 Å². The molecule has 2 rings (SSSR count). The fraction of sp³-hybridized carbons (Fsp3) is 0.562. The molecule has 5 nitrogen and oxygen atoms in total. The Morgan fingerprint density at radius 2 is 2.05 bits per heavy atom. The van der Waals surface area contributed by atoms with Crippen molar-refractivity contribution in [3.05, 3.63) is 29.8 Å². The largest absolute Gasteiger partial charge is 0.369 e. The number of urea groups is 1. The molecule has 5 heteroatoms. The predicted molar refractivity (Wildman–Crippen MR) is 84.3 cm³/mol. The van der Waals surface area contributed by atoms with Gasteiger partial charge >= 0.3 is 6.03 Å². The summed E-state index contributed by atoms with van der Waals surface area (Å²) >= 11 is 0. The first-order chi connectivity index (χ1) is 9.77. The van der Waals surface area contributed by atoms with Crippen molar-refractivity contribution in [1.29, 1.82) is 0 Å². The number of nitrogens with two attached hydrogens (primary N) is 1. The predicted octanol–water partition coefficient (Wildman–Crippen LogP) is 2.74. The summed E-state index contributed by atoms with van der Waals surface area (Å²) in [7, 11) is 0. The summed E-state index contributed by atoms with van der Waals surface area (Å²) in [5.41, 5.74) is 7.34. The van der Waals surface area contributed by atoms with Crippen LogP contribution in [0.15, 0.2) is 24.3 Å². The minimum atomic E-state index is -0.312. The lowest BCUT2D eigenvalue weighted by molar-refractivity contribution is -0.116. The summed E-state index contributed by atoms with van der Waals surface area (Å²) in [6.07, 6.45) is 0.0416. The Kier molecular flexibility index (Phi) is 4.54. The maximum Gasteiger partial charge on any atom is 0.322 e. The third-order valence-electron chi connectivity index (χ3n) is 3.54. The van der Waals surface area contributed by atoms with Gasteiger partial charge in [0.2, 0.25) is 0 Å². The quantitative estimate of drug-likeness (QED) is 0.880. The van der Waals surface area contributed by atoms with E-state index in [2.05, 4.69) is 5.32 Å². The standard InChI is InChI=1S/C16H25N3O2/c1-11-9-19(10-16(3,4)21-11)15(20)18-14-7-5-13(6-8-14)12(2)17/h5-8,11-12H,9-10,17H2,1-4H3,(H,18,20). The van der Waals surface area contributed by atoms with Crippen molar-refractivity contribution in [2.75, 3.05) is 18.4 Å². The molecule has 2 atom stereocenters. The van der Waals surface area contributed by atoms with Gasteiger partial charge in [-0.25, -0.2) is 4.79 Å². The number of ether oxygens (including phenoxy) is 1. The van der Waals surface area contributed by atoms with Crippen LogP contribution in [0.2, 0.25) is 0 Å². The molecule has 1 fully saturated rings. The normalized spacial score (nSPS) is 22.7. The fourth-order valence-corrected chi connectivity index (χ4v) is 2.68. The molecule has 1 saturated heterocycles. The number of nitrogens with one attached hydrogen (secondary N) is 1. The van der Waals surface area contributed by atoms with Gasteiger partial charge in [0, 0.05) is 18.3 Å². The monoisotopic (exact) mass is 291 g/mol.